The number of nitrogens with one attached hydrogen (secondary N) is 1. The van der Waals surface area contributed by atoms with Gasteiger partial charge in [0.05, 0.1) is 6.29 Å². The van der Waals surface area contributed by atoms with Crippen LogP contribution in [0.25, 0.3) is 0 Å². The van der Waals surface area contributed by atoms with E-state index in [1.807, 2.05) is 0 Å². The van der Waals surface area contributed by atoms with Gasteiger partial charge in [0, 0.05) is 6.66 Å². The third-order valence-corrected chi connectivity index (χ3v) is 1.48. The fourth-order valence-electron chi connectivity index (χ4n) is 0.297. The molecule has 1 atom stereocenters. The van der Waals surface area contributed by atoms with E-state index in [-0.39, 0.29) is 6.29 Å². The minimum Gasteiger partial charge on any atom is -0.343 e. The van der Waals surface area contributed by atoms with Crippen LogP contribution in [0.3, 0.4) is 0 Å². The fourth-order valence-corrected chi connectivity index (χ4v) is 0.746. The summed E-state index contributed by atoms with van der Waals surface area (Å²) in [6, 6.07) is 0. The van der Waals surface area contributed by atoms with Crippen molar-refractivity contribution in [1.82, 2.24) is 5.32 Å². The fraction of sp³-hybridized carbons (Fsp3) is 0.400. The zero-order valence-electron chi connectivity index (χ0n) is 5.70. The molecule has 0 aromatic rings. The van der Waals surface area contributed by atoms with Crippen molar-refractivity contribution >= 4 is 13.3 Å². The summed E-state index contributed by atoms with van der Waals surface area (Å²) in [5.74, 6) is -0.434. The lowest BCUT2D eigenvalue weighted by Crippen LogP contribution is -2.21. The monoisotopic (exact) mass is 163 g/mol. The molecule has 0 radical (unpaired) electrons. The molecular weight excluding hydrogens is 153 g/mol. The second kappa shape index (κ2) is 3.54. The van der Waals surface area contributed by atoms with E-state index >= 15 is 0 Å². The van der Waals surface area contributed by atoms with Gasteiger partial charge in [-0.15, -0.1) is 0 Å². The highest BCUT2D eigenvalue weighted by Gasteiger charge is 2.08. The number of amides is 1. The van der Waals surface area contributed by atoms with Gasteiger partial charge in [0.15, 0.2) is 0 Å². The SMILES string of the molecule is C=CC(=O)NCP(C)(=O)O. The lowest BCUT2D eigenvalue weighted by molar-refractivity contribution is -0.116. The molecule has 0 saturated heterocycles. The summed E-state index contributed by atoms with van der Waals surface area (Å²) in [4.78, 5) is 19.1. The van der Waals surface area contributed by atoms with E-state index < -0.39 is 13.3 Å². The molecule has 10 heavy (non-hydrogen) atoms. The second-order valence-electron chi connectivity index (χ2n) is 1.95. The molecule has 5 heteroatoms. The molecule has 0 aliphatic rings. The Labute approximate surface area is 59.4 Å². The number of rotatable bonds is 3. The van der Waals surface area contributed by atoms with E-state index in [1.165, 1.54) is 6.66 Å². The molecule has 1 unspecified atom stereocenters. The molecule has 0 saturated carbocycles. The van der Waals surface area contributed by atoms with Crippen LogP contribution < -0.4 is 5.32 Å². The van der Waals surface area contributed by atoms with Gasteiger partial charge in [-0.25, -0.2) is 0 Å². The Bertz CT molecular complexity index is 183. The van der Waals surface area contributed by atoms with Gasteiger partial charge in [-0.05, 0) is 6.08 Å². The van der Waals surface area contributed by atoms with Crippen LogP contribution in [0, 0.1) is 0 Å². The first kappa shape index (κ1) is 9.40. The van der Waals surface area contributed by atoms with Crippen molar-refractivity contribution in [3.63, 3.8) is 0 Å². The molecule has 0 heterocycles. The Kier molecular flexibility index (Phi) is 3.33. The van der Waals surface area contributed by atoms with E-state index in [1.54, 1.807) is 0 Å². The Hall–Kier alpha value is -0.600. The maximum atomic E-state index is 10.5. The highest BCUT2D eigenvalue weighted by molar-refractivity contribution is 7.57. The van der Waals surface area contributed by atoms with Gasteiger partial charge in [0.25, 0.3) is 0 Å². The van der Waals surface area contributed by atoms with Gasteiger partial charge in [0.1, 0.15) is 0 Å². The lowest BCUT2D eigenvalue weighted by Gasteiger charge is -2.04. The first-order valence-corrected chi connectivity index (χ1v) is 4.94. The summed E-state index contributed by atoms with van der Waals surface area (Å²) in [6.45, 7) is 4.35. The predicted octanol–water partition coefficient (Wildman–Crippen LogP) is 0.146. The van der Waals surface area contributed by atoms with Gasteiger partial charge in [-0.3, -0.25) is 9.36 Å². The minimum absolute atomic E-state index is 0.197. The van der Waals surface area contributed by atoms with Gasteiger partial charge < -0.3 is 10.2 Å². The number of carbonyl (C=O) groups is 1. The molecule has 0 rings (SSSR count). The van der Waals surface area contributed by atoms with E-state index in [2.05, 4.69) is 11.9 Å². The average Bonchev–Trinajstić information content (AvgIpc) is 1.81. The van der Waals surface area contributed by atoms with Crippen LogP contribution in [0.15, 0.2) is 12.7 Å². The molecule has 0 spiro atoms. The van der Waals surface area contributed by atoms with Gasteiger partial charge in [0.2, 0.25) is 13.3 Å². The van der Waals surface area contributed by atoms with Gasteiger partial charge in [-0.1, -0.05) is 6.58 Å². The lowest BCUT2D eigenvalue weighted by atomic mass is 10.6. The van der Waals surface area contributed by atoms with Gasteiger partial charge in [-0.2, -0.15) is 0 Å². The summed E-state index contributed by atoms with van der Waals surface area (Å²) in [5, 5.41) is 2.20. The maximum Gasteiger partial charge on any atom is 0.243 e. The van der Waals surface area contributed by atoms with Crippen LogP contribution in [0.2, 0.25) is 0 Å². The first-order valence-electron chi connectivity index (χ1n) is 2.65. The van der Waals surface area contributed by atoms with E-state index in [4.69, 9.17) is 4.89 Å². The number of hydrogen-bond donors (Lipinski definition) is 2. The normalized spacial score (nSPS) is 15.4. The molecule has 0 aromatic heterocycles. The molecule has 0 bridgehead atoms. The smallest absolute Gasteiger partial charge is 0.243 e. The van der Waals surface area contributed by atoms with Crippen molar-refractivity contribution in [2.75, 3.05) is 13.0 Å². The summed E-state index contributed by atoms with van der Waals surface area (Å²) in [5.41, 5.74) is 0. The molecule has 0 aliphatic heterocycles. The van der Waals surface area contributed by atoms with Crippen LogP contribution in [0.5, 0.6) is 0 Å². The first-order chi connectivity index (χ1) is 4.45. The van der Waals surface area contributed by atoms with Crippen LogP contribution in [0.4, 0.5) is 0 Å². The summed E-state index contributed by atoms with van der Waals surface area (Å²) >= 11 is 0. The standard InChI is InChI=1S/C5H10NO3P/c1-3-5(7)6-4-10(2,8)9/h3H,1,4H2,2H3,(H,6,7)(H,8,9). The molecule has 0 aromatic carbocycles. The zero-order chi connectivity index (χ0) is 8.20. The van der Waals surface area contributed by atoms with Gasteiger partial charge >= 0.3 is 0 Å². The number of hydrogen-bond acceptors (Lipinski definition) is 2. The molecule has 0 fully saturated rings. The Morgan fingerprint density at radius 3 is 2.70 bits per heavy atom. The van der Waals surface area contributed by atoms with Crippen molar-refractivity contribution in [1.29, 1.82) is 0 Å². The van der Waals surface area contributed by atoms with Crippen molar-refractivity contribution in [2.45, 2.75) is 0 Å². The quantitative estimate of drug-likeness (QED) is 0.459. The molecule has 58 valence electrons. The van der Waals surface area contributed by atoms with E-state index in [9.17, 15) is 9.36 Å². The van der Waals surface area contributed by atoms with Crippen LogP contribution >= 0.6 is 7.37 Å². The third-order valence-electron chi connectivity index (χ3n) is 0.732. The molecule has 4 nitrogen and oxygen atoms in total. The Balaban J connectivity index is 3.66. The zero-order valence-corrected chi connectivity index (χ0v) is 6.60. The van der Waals surface area contributed by atoms with Crippen LogP contribution in [-0.2, 0) is 9.36 Å². The minimum atomic E-state index is -3.11. The Morgan fingerprint density at radius 2 is 2.40 bits per heavy atom. The van der Waals surface area contributed by atoms with Crippen molar-refractivity contribution in [3.8, 4) is 0 Å². The molecular formula is C5H10NO3P. The van der Waals surface area contributed by atoms with Crippen molar-refractivity contribution < 1.29 is 14.3 Å². The third kappa shape index (κ3) is 5.54. The topological polar surface area (TPSA) is 66.4 Å². The van der Waals surface area contributed by atoms with Crippen molar-refractivity contribution in [2.24, 2.45) is 0 Å². The summed E-state index contributed by atoms with van der Waals surface area (Å²) < 4.78 is 10.5. The van der Waals surface area contributed by atoms with E-state index in [0.29, 0.717) is 0 Å². The molecule has 0 aliphatic carbocycles. The van der Waals surface area contributed by atoms with Crippen LogP contribution in [0.1, 0.15) is 0 Å². The van der Waals surface area contributed by atoms with E-state index in [0.717, 1.165) is 6.08 Å². The number of carbonyl (C=O) groups excluding carboxylic acids is 1. The maximum absolute atomic E-state index is 10.5. The second-order valence-corrected chi connectivity index (χ2v) is 4.37. The van der Waals surface area contributed by atoms with Crippen LogP contribution in [-0.4, -0.2) is 23.8 Å². The van der Waals surface area contributed by atoms with Crippen molar-refractivity contribution in [3.05, 3.63) is 12.7 Å². The summed E-state index contributed by atoms with van der Waals surface area (Å²) in [6.07, 6.45) is 0.855. The summed E-state index contributed by atoms with van der Waals surface area (Å²) in [7, 11) is -3.11. The highest BCUT2D eigenvalue weighted by Crippen LogP contribution is 2.32. The average molecular weight is 163 g/mol. The molecule has 2 N–H and O–H groups in total. The molecule has 1 amide bonds. The largest absolute Gasteiger partial charge is 0.343 e. The highest BCUT2D eigenvalue weighted by atomic mass is 31.2. The Morgan fingerprint density at radius 1 is 1.90 bits per heavy atom. The predicted molar refractivity (Wildman–Crippen MR) is 39.0 cm³/mol.